The van der Waals surface area contributed by atoms with Crippen molar-refractivity contribution in [2.24, 2.45) is 0 Å². The minimum atomic E-state index is -0.298. The summed E-state index contributed by atoms with van der Waals surface area (Å²) in [4.78, 5) is 11.8. The average molecular weight is 230 g/mol. The number of hydrogen-bond donors (Lipinski definition) is 2. The van der Waals surface area contributed by atoms with Crippen LogP contribution in [0.25, 0.3) is 0 Å². The van der Waals surface area contributed by atoms with Gasteiger partial charge in [-0.3, -0.25) is 4.79 Å². The van der Waals surface area contributed by atoms with Gasteiger partial charge in [0.05, 0.1) is 0 Å². The lowest BCUT2D eigenvalue weighted by Gasteiger charge is -2.07. The standard InChI is InChI=1S/C13H14N2O2/c1-8-3-4-10(9(2)7-8)15-13(16)11-5-6-12(14)17-11/h3-7H,14H2,1-2H3,(H,15,16). The molecule has 0 fully saturated rings. The third-order valence-electron chi connectivity index (χ3n) is 2.48. The molecule has 17 heavy (non-hydrogen) atoms. The predicted octanol–water partition coefficient (Wildman–Crippen LogP) is 2.73. The van der Waals surface area contributed by atoms with E-state index in [1.165, 1.54) is 0 Å². The van der Waals surface area contributed by atoms with Crippen LogP contribution < -0.4 is 11.1 Å². The van der Waals surface area contributed by atoms with Gasteiger partial charge in [-0.1, -0.05) is 17.7 Å². The molecule has 4 nitrogen and oxygen atoms in total. The maximum Gasteiger partial charge on any atom is 0.291 e. The summed E-state index contributed by atoms with van der Waals surface area (Å²) < 4.78 is 5.05. The number of nitrogen functional groups attached to an aromatic ring is 1. The quantitative estimate of drug-likeness (QED) is 0.833. The maximum absolute atomic E-state index is 11.8. The van der Waals surface area contributed by atoms with Crippen molar-refractivity contribution in [1.29, 1.82) is 0 Å². The second-order valence-corrected chi connectivity index (χ2v) is 3.97. The largest absolute Gasteiger partial charge is 0.436 e. The van der Waals surface area contributed by atoms with Crippen LogP contribution in [0.1, 0.15) is 21.7 Å². The average Bonchev–Trinajstić information content (AvgIpc) is 2.69. The first kappa shape index (κ1) is 11.3. The fourth-order valence-electron chi connectivity index (χ4n) is 1.61. The van der Waals surface area contributed by atoms with Gasteiger partial charge in [0, 0.05) is 11.8 Å². The fourth-order valence-corrected chi connectivity index (χ4v) is 1.61. The van der Waals surface area contributed by atoms with Crippen LogP contribution in [0.5, 0.6) is 0 Å². The highest BCUT2D eigenvalue weighted by atomic mass is 16.4. The molecule has 0 bridgehead atoms. The van der Waals surface area contributed by atoms with Gasteiger partial charge in [-0.15, -0.1) is 0 Å². The zero-order chi connectivity index (χ0) is 12.4. The van der Waals surface area contributed by atoms with E-state index < -0.39 is 0 Å². The molecule has 4 heteroatoms. The zero-order valence-electron chi connectivity index (χ0n) is 9.78. The van der Waals surface area contributed by atoms with Gasteiger partial charge >= 0.3 is 0 Å². The lowest BCUT2D eigenvalue weighted by Crippen LogP contribution is -2.11. The first-order chi connectivity index (χ1) is 8.06. The van der Waals surface area contributed by atoms with Crippen molar-refractivity contribution >= 4 is 17.5 Å². The van der Waals surface area contributed by atoms with Crippen molar-refractivity contribution in [3.63, 3.8) is 0 Å². The van der Waals surface area contributed by atoms with Gasteiger partial charge in [0.25, 0.3) is 5.91 Å². The Bertz CT molecular complexity index is 558. The van der Waals surface area contributed by atoms with Gasteiger partial charge in [0.2, 0.25) is 0 Å². The predicted molar refractivity (Wildman–Crippen MR) is 67.0 cm³/mol. The van der Waals surface area contributed by atoms with Crippen LogP contribution in [0, 0.1) is 13.8 Å². The molecule has 0 saturated carbocycles. The van der Waals surface area contributed by atoms with Gasteiger partial charge < -0.3 is 15.5 Å². The first-order valence-electron chi connectivity index (χ1n) is 5.30. The second-order valence-electron chi connectivity index (χ2n) is 3.97. The molecule has 0 aliphatic heterocycles. The Morgan fingerprint density at radius 1 is 1.24 bits per heavy atom. The number of benzene rings is 1. The summed E-state index contributed by atoms with van der Waals surface area (Å²) in [6.07, 6.45) is 0. The van der Waals surface area contributed by atoms with Crippen molar-refractivity contribution < 1.29 is 9.21 Å². The van der Waals surface area contributed by atoms with Crippen LogP contribution in [0.3, 0.4) is 0 Å². The van der Waals surface area contributed by atoms with E-state index in [1.807, 2.05) is 32.0 Å². The molecule has 1 aromatic carbocycles. The van der Waals surface area contributed by atoms with Gasteiger partial charge in [0.15, 0.2) is 11.6 Å². The highest BCUT2D eigenvalue weighted by Gasteiger charge is 2.11. The molecular formula is C13H14N2O2. The van der Waals surface area contributed by atoms with Gasteiger partial charge in [-0.25, -0.2) is 0 Å². The molecular weight excluding hydrogens is 216 g/mol. The monoisotopic (exact) mass is 230 g/mol. The molecule has 0 radical (unpaired) electrons. The highest BCUT2D eigenvalue weighted by Crippen LogP contribution is 2.18. The number of nitrogens with one attached hydrogen (secondary N) is 1. The van der Waals surface area contributed by atoms with Crippen molar-refractivity contribution in [2.75, 3.05) is 11.1 Å². The summed E-state index contributed by atoms with van der Waals surface area (Å²) in [5.74, 6) is 0.145. The Morgan fingerprint density at radius 2 is 2.00 bits per heavy atom. The Morgan fingerprint density at radius 3 is 2.59 bits per heavy atom. The van der Waals surface area contributed by atoms with Crippen LogP contribution in [0.4, 0.5) is 11.6 Å². The summed E-state index contributed by atoms with van der Waals surface area (Å²) >= 11 is 0. The van der Waals surface area contributed by atoms with Gasteiger partial charge in [-0.2, -0.15) is 0 Å². The Labute approximate surface area is 99.4 Å². The van der Waals surface area contributed by atoms with Gasteiger partial charge in [-0.05, 0) is 31.5 Å². The number of anilines is 2. The third kappa shape index (κ3) is 2.47. The van der Waals surface area contributed by atoms with E-state index in [-0.39, 0.29) is 17.6 Å². The van der Waals surface area contributed by atoms with E-state index in [1.54, 1.807) is 12.1 Å². The molecule has 0 unspecified atom stereocenters. The van der Waals surface area contributed by atoms with E-state index in [2.05, 4.69) is 5.32 Å². The molecule has 88 valence electrons. The Hall–Kier alpha value is -2.23. The van der Waals surface area contributed by atoms with Crippen LogP contribution in [0.2, 0.25) is 0 Å². The van der Waals surface area contributed by atoms with E-state index in [0.717, 1.165) is 16.8 Å². The minimum Gasteiger partial charge on any atom is -0.436 e. The molecule has 0 atom stereocenters. The Balaban J connectivity index is 2.18. The summed E-state index contributed by atoms with van der Waals surface area (Å²) in [5.41, 5.74) is 8.35. The lowest BCUT2D eigenvalue weighted by molar-refractivity contribution is 0.0997. The third-order valence-corrected chi connectivity index (χ3v) is 2.48. The topological polar surface area (TPSA) is 68.3 Å². The van der Waals surface area contributed by atoms with E-state index in [9.17, 15) is 4.79 Å². The summed E-state index contributed by atoms with van der Waals surface area (Å²) in [5, 5.41) is 2.78. The number of amides is 1. The summed E-state index contributed by atoms with van der Waals surface area (Å²) in [7, 11) is 0. The number of aryl methyl sites for hydroxylation is 2. The molecule has 1 amide bonds. The molecule has 2 rings (SSSR count). The molecule has 3 N–H and O–H groups in total. The van der Waals surface area contributed by atoms with Crippen LogP contribution >= 0.6 is 0 Å². The summed E-state index contributed by atoms with van der Waals surface area (Å²) in [6.45, 7) is 3.95. The first-order valence-corrected chi connectivity index (χ1v) is 5.30. The number of rotatable bonds is 2. The lowest BCUT2D eigenvalue weighted by atomic mass is 10.1. The molecule has 0 aliphatic rings. The van der Waals surface area contributed by atoms with Crippen molar-refractivity contribution in [1.82, 2.24) is 0 Å². The van der Waals surface area contributed by atoms with Crippen LogP contribution in [0.15, 0.2) is 34.7 Å². The molecule has 0 aliphatic carbocycles. The maximum atomic E-state index is 11.8. The van der Waals surface area contributed by atoms with Crippen molar-refractivity contribution in [2.45, 2.75) is 13.8 Å². The Kier molecular flexibility index (Phi) is 2.87. The van der Waals surface area contributed by atoms with Gasteiger partial charge in [0.1, 0.15) is 0 Å². The number of carbonyl (C=O) groups is 1. The number of nitrogens with two attached hydrogens (primary N) is 1. The number of furan rings is 1. The molecule has 0 spiro atoms. The smallest absolute Gasteiger partial charge is 0.291 e. The number of carbonyl (C=O) groups excluding carboxylic acids is 1. The normalized spacial score (nSPS) is 10.2. The number of hydrogen-bond acceptors (Lipinski definition) is 3. The minimum absolute atomic E-state index is 0.211. The fraction of sp³-hybridized carbons (Fsp3) is 0.154. The SMILES string of the molecule is Cc1ccc(NC(=O)c2ccc(N)o2)c(C)c1. The van der Waals surface area contributed by atoms with E-state index in [0.29, 0.717) is 0 Å². The summed E-state index contributed by atoms with van der Waals surface area (Å²) in [6, 6.07) is 8.92. The van der Waals surface area contributed by atoms with Crippen molar-refractivity contribution in [3.05, 3.63) is 47.2 Å². The van der Waals surface area contributed by atoms with Crippen LogP contribution in [-0.4, -0.2) is 5.91 Å². The highest BCUT2D eigenvalue weighted by molar-refractivity contribution is 6.02. The molecule has 0 saturated heterocycles. The van der Waals surface area contributed by atoms with E-state index in [4.69, 9.17) is 10.2 Å². The second kappa shape index (κ2) is 4.33. The molecule has 2 aromatic rings. The molecule has 1 aromatic heterocycles. The molecule has 1 heterocycles. The van der Waals surface area contributed by atoms with Crippen LogP contribution in [-0.2, 0) is 0 Å². The zero-order valence-corrected chi connectivity index (χ0v) is 9.78. The van der Waals surface area contributed by atoms with Crippen molar-refractivity contribution in [3.8, 4) is 0 Å². The van der Waals surface area contributed by atoms with E-state index >= 15 is 0 Å².